The summed E-state index contributed by atoms with van der Waals surface area (Å²) < 4.78 is 32.3. The Balaban J connectivity index is 1.54. The van der Waals surface area contributed by atoms with Crippen molar-refractivity contribution in [2.45, 2.75) is 59.6 Å². The summed E-state index contributed by atoms with van der Waals surface area (Å²) in [5.74, 6) is -0.133. The number of aliphatic hydroxyl groups is 6. The number of amides is 2. The van der Waals surface area contributed by atoms with E-state index in [4.69, 9.17) is 28.4 Å². The van der Waals surface area contributed by atoms with Gasteiger partial charge in [-0.05, 0) is 24.3 Å². The molecule has 2 aromatic rings. The van der Waals surface area contributed by atoms with Gasteiger partial charge in [-0.3, -0.25) is 9.59 Å². The lowest BCUT2D eigenvalue weighted by Gasteiger charge is -2.46. The van der Waals surface area contributed by atoms with Crippen LogP contribution in [-0.2, 0) is 9.47 Å². The van der Waals surface area contributed by atoms with Crippen molar-refractivity contribution in [3.8, 4) is 23.0 Å². The van der Waals surface area contributed by atoms with E-state index in [2.05, 4.69) is 10.6 Å². The third kappa shape index (κ3) is 8.19. The van der Waals surface area contributed by atoms with Crippen LogP contribution in [0.4, 0.5) is 0 Å². The molecule has 2 aliphatic rings. The predicted octanol–water partition coefficient (Wildman–Crippen LogP) is -1.77. The van der Waals surface area contributed by atoms with Crippen molar-refractivity contribution in [3.05, 3.63) is 47.5 Å². The summed E-state index contributed by atoms with van der Waals surface area (Å²) in [6.07, 6.45) is -8.92. The van der Waals surface area contributed by atoms with Crippen molar-refractivity contribution in [2.24, 2.45) is 0 Å². The molecule has 2 aromatic carbocycles. The van der Waals surface area contributed by atoms with Gasteiger partial charge >= 0.3 is 0 Å². The Morgan fingerprint density at radius 2 is 0.936 bits per heavy atom. The van der Waals surface area contributed by atoms with E-state index in [9.17, 15) is 40.2 Å². The summed E-state index contributed by atoms with van der Waals surface area (Å²) in [5, 5.41) is 69.3. The Kier molecular flexibility index (Phi) is 12.5. The minimum atomic E-state index is -1.62. The number of hydrogen-bond donors (Lipinski definition) is 8. The average Bonchev–Trinajstić information content (AvgIpc) is 3.09. The Bertz CT molecular complexity index is 1240. The van der Waals surface area contributed by atoms with Gasteiger partial charge in [-0.2, -0.15) is 0 Å². The molecule has 2 amide bonds. The van der Waals surface area contributed by atoms with Crippen LogP contribution in [0, 0.1) is 0 Å². The van der Waals surface area contributed by atoms with Crippen molar-refractivity contribution < 1.29 is 68.6 Å². The largest absolute Gasteiger partial charge is 0.497 e. The molecule has 2 aliphatic heterocycles. The molecule has 0 aliphatic carbocycles. The number of carbonyl (C=O) groups is 2. The van der Waals surface area contributed by atoms with Gasteiger partial charge in [0.1, 0.15) is 70.5 Å². The summed E-state index contributed by atoms with van der Waals surface area (Å²) in [5.41, 5.74) is -2.47. The number of carbonyl (C=O) groups excluding carboxylic acids is 2. The van der Waals surface area contributed by atoms with Gasteiger partial charge in [-0.25, -0.2) is 0 Å². The number of benzene rings is 2. The second-order valence-corrected chi connectivity index (χ2v) is 12.0. The fourth-order valence-corrected chi connectivity index (χ4v) is 6.56. The zero-order valence-electron chi connectivity index (χ0n) is 26.0. The summed E-state index contributed by atoms with van der Waals surface area (Å²) >= 11 is 0.706. The highest BCUT2D eigenvalue weighted by Gasteiger charge is 2.50. The summed E-state index contributed by atoms with van der Waals surface area (Å²) in [6, 6.07) is 6.06. The Morgan fingerprint density at radius 1 is 0.617 bits per heavy atom. The number of aliphatic hydroxyl groups excluding tert-OH is 6. The summed E-state index contributed by atoms with van der Waals surface area (Å²) in [4.78, 5) is 26.4. The van der Waals surface area contributed by atoms with Crippen LogP contribution in [0.5, 0.6) is 23.0 Å². The van der Waals surface area contributed by atoms with Crippen LogP contribution < -0.4 is 29.6 Å². The van der Waals surface area contributed by atoms with Gasteiger partial charge in [0, 0.05) is 23.3 Å². The molecule has 0 bridgehead atoms. The van der Waals surface area contributed by atoms with Crippen molar-refractivity contribution >= 4 is 23.6 Å². The molecule has 2 fully saturated rings. The van der Waals surface area contributed by atoms with Gasteiger partial charge in [-0.15, -0.1) is 0 Å². The van der Waals surface area contributed by atoms with Gasteiger partial charge in [0.05, 0.1) is 53.7 Å². The van der Waals surface area contributed by atoms with E-state index in [0.29, 0.717) is 34.8 Å². The quantitative estimate of drug-likeness (QED) is 0.124. The standard InChI is InChI=1S/C30H40N2O14S/c1-41-15-5-13(6-16(9-15)42-2)27(39)31-21-23(35)19(11-33)45-29(25(21)37)47-30-26(38)22(24(36)20(12-34)46-30)32-28(40)14-7-17(43-3)10-18(8-14)44-4/h5-10,19-26,29-30,33-38H,11-12H2,1-4H3,(H,31,39)(H,32,40)/t19-,20-,21+,22+,23+,24+,25-,26-,29-,30+/m1/s1. The van der Waals surface area contributed by atoms with Crippen LogP contribution in [0.3, 0.4) is 0 Å². The molecule has 0 aromatic heterocycles. The third-order valence-corrected chi connectivity index (χ3v) is 9.18. The molecule has 2 heterocycles. The molecule has 0 saturated carbocycles. The van der Waals surface area contributed by atoms with Crippen LogP contribution in [0.2, 0.25) is 0 Å². The van der Waals surface area contributed by atoms with Crippen molar-refractivity contribution in [1.82, 2.24) is 10.6 Å². The van der Waals surface area contributed by atoms with Crippen LogP contribution in [-0.4, -0.2) is 144 Å². The zero-order valence-corrected chi connectivity index (χ0v) is 26.8. The predicted molar refractivity (Wildman–Crippen MR) is 165 cm³/mol. The highest BCUT2D eigenvalue weighted by Crippen LogP contribution is 2.37. The molecule has 0 spiro atoms. The third-order valence-electron chi connectivity index (χ3n) is 7.86. The Labute approximate surface area is 274 Å². The fourth-order valence-electron chi connectivity index (χ4n) is 5.22. The zero-order chi connectivity index (χ0) is 34.4. The molecule has 0 unspecified atom stereocenters. The van der Waals surface area contributed by atoms with Crippen molar-refractivity contribution in [1.29, 1.82) is 0 Å². The molecule has 16 nitrogen and oxygen atoms in total. The second-order valence-electron chi connectivity index (χ2n) is 10.8. The number of methoxy groups -OCH3 is 4. The maximum Gasteiger partial charge on any atom is 0.251 e. The van der Waals surface area contributed by atoms with E-state index in [1.54, 1.807) is 12.1 Å². The second kappa shape index (κ2) is 16.1. The molecule has 0 radical (unpaired) electrons. The number of thioether (sulfide) groups is 1. The first-order valence-electron chi connectivity index (χ1n) is 14.5. The van der Waals surface area contributed by atoms with Crippen molar-refractivity contribution in [3.63, 3.8) is 0 Å². The van der Waals surface area contributed by atoms with E-state index in [-0.39, 0.29) is 11.1 Å². The molecule has 10 atom stereocenters. The van der Waals surface area contributed by atoms with Crippen LogP contribution in [0.1, 0.15) is 20.7 Å². The van der Waals surface area contributed by atoms with Crippen LogP contribution in [0.25, 0.3) is 0 Å². The van der Waals surface area contributed by atoms with E-state index in [1.807, 2.05) is 0 Å². The maximum atomic E-state index is 13.2. The molecular formula is C30H40N2O14S. The van der Waals surface area contributed by atoms with E-state index in [0.717, 1.165) is 0 Å². The highest BCUT2D eigenvalue weighted by atomic mass is 32.2. The first-order valence-corrected chi connectivity index (χ1v) is 15.4. The van der Waals surface area contributed by atoms with Crippen molar-refractivity contribution in [2.75, 3.05) is 41.7 Å². The molecule has 260 valence electrons. The lowest BCUT2D eigenvalue weighted by atomic mass is 9.96. The van der Waals surface area contributed by atoms with E-state index < -0.39 is 84.6 Å². The molecule has 17 heteroatoms. The van der Waals surface area contributed by atoms with Gasteiger partial charge < -0.3 is 69.7 Å². The van der Waals surface area contributed by atoms with Gasteiger partial charge in [0.2, 0.25) is 0 Å². The minimum absolute atomic E-state index is 0.0925. The number of rotatable bonds is 12. The topological polar surface area (TPSA) is 235 Å². The smallest absolute Gasteiger partial charge is 0.251 e. The Morgan fingerprint density at radius 3 is 1.21 bits per heavy atom. The summed E-state index contributed by atoms with van der Waals surface area (Å²) in [7, 11) is 5.63. The molecule has 47 heavy (non-hydrogen) atoms. The molecule has 8 N–H and O–H groups in total. The number of ether oxygens (including phenoxy) is 6. The maximum absolute atomic E-state index is 13.2. The fraction of sp³-hybridized carbons (Fsp3) is 0.533. The van der Waals surface area contributed by atoms with Crippen LogP contribution in [0.15, 0.2) is 36.4 Å². The lowest BCUT2D eigenvalue weighted by molar-refractivity contribution is -0.175. The van der Waals surface area contributed by atoms with Crippen LogP contribution >= 0.6 is 11.8 Å². The number of hydrogen-bond acceptors (Lipinski definition) is 15. The normalized spacial score (nSPS) is 30.6. The SMILES string of the molecule is COc1cc(OC)cc(C(=O)N[C@@H]2[C@@H](O)[C@@H](S[C@@H]3O[C@H](CO)[C@H](O)[C@H](NC(=O)c4cc(OC)cc(OC)c4)[C@H]3O)O[C@H](CO)[C@@H]2O)c1. The average molecular weight is 685 g/mol. The first-order chi connectivity index (χ1) is 22.5. The van der Waals surface area contributed by atoms with Gasteiger partial charge in [0.15, 0.2) is 0 Å². The minimum Gasteiger partial charge on any atom is -0.497 e. The highest BCUT2D eigenvalue weighted by molar-refractivity contribution is 8.00. The monoisotopic (exact) mass is 684 g/mol. The van der Waals surface area contributed by atoms with Gasteiger partial charge in [-0.1, -0.05) is 11.8 Å². The Hall–Kier alpha value is -3.39. The van der Waals surface area contributed by atoms with E-state index >= 15 is 0 Å². The van der Waals surface area contributed by atoms with Gasteiger partial charge in [0.25, 0.3) is 11.8 Å². The molecule has 2 saturated heterocycles. The number of nitrogens with one attached hydrogen (secondary N) is 2. The molecule has 4 rings (SSSR count). The first kappa shape index (κ1) is 36.4. The summed E-state index contributed by atoms with van der Waals surface area (Å²) in [6.45, 7) is -1.39. The van der Waals surface area contributed by atoms with E-state index in [1.165, 1.54) is 52.7 Å². The lowest BCUT2D eigenvalue weighted by Crippen LogP contribution is -2.66. The molecular weight excluding hydrogens is 644 g/mol.